The van der Waals surface area contributed by atoms with Gasteiger partial charge in [-0.3, -0.25) is 0 Å². The molecule has 0 saturated carbocycles. The van der Waals surface area contributed by atoms with Gasteiger partial charge in [-0.15, -0.1) is 5.10 Å². The molecule has 0 aliphatic heterocycles. The van der Waals surface area contributed by atoms with Gasteiger partial charge in [0.15, 0.2) is 5.69 Å². The molecule has 0 fully saturated rings. The zero-order chi connectivity index (χ0) is 9.84. The van der Waals surface area contributed by atoms with Gasteiger partial charge in [0.05, 0.1) is 22.8 Å². The van der Waals surface area contributed by atoms with Crippen LogP contribution in [0.1, 0.15) is 17.4 Å². The number of carbonyl (C=O) groups is 1. The number of esters is 1. The van der Waals surface area contributed by atoms with Gasteiger partial charge in [0, 0.05) is 0 Å². The van der Waals surface area contributed by atoms with Gasteiger partial charge < -0.3 is 4.74 Å². The summed E-state index contributed by atoms with van der Waals surface area (Å²) >= 11 is 11.3. The standard InChI is InChI=1S/C7H6Cl2N2O2/c1-2-13-7(12)6-5(9)4(8)3-10-11-6/h3H,2H2,1H3. The summed E-state index contributed by atoms with van der Waals surface area (Å²) < 4.78 is 4.68. The quantitative estimate of drug-likeness (QED) is 0.716. The van der Waals surface area contributed by atoms with Crippen LogP contribution in [0, 0.1) is 0 Å². The van der Waals surface area contributed by atoms with Crippen molar-refractivity contribution in [2.75, 3.05) is 6.61 Å². The SMILES string of the molecule is CCOC(=O)c1nncc(Cl)c1Cl. The molecule has 0 spiro atoms. The number of hydrogen-bond acceptors (Lipinski definition) is 4. The van der Waals surface area contributed by atoms with Crippen molar-refractivity contribution in [3.8, 4) is 0 Å². The molecule has 0 unspecified atom stereocenters. The summed E-state index contributed by atoms with van der Waals surface area (Å²) in [6, 6.07) is 0. The molecule has 0 saturated heterocycles. The van der Waals surface area contributed by atoms with Gasteiger partial charge in [-0.05, 0) is 6.92 Å². The number of ether oxygens (including phenoxy) is 1. The van der Waals surface area contributed by atoms with Crippen LogP contribution in [0.3, 0.4) is 0 Å². The molecule has 1 rings (SSSR count). The number of hydrogen-bond donors (Lipinski definition) is 0. The van der Waals surface area contributed by atoms with E-state index in [4.69, 9.17) is 23.2 Å². The maximum absolute atomic E-state index is 11.1. The van der Waals surface area contributed by atoms with E-state index in [2.05, 4.69) is 14.9 Å². The van der Waals surface area contributed by atoms with E-state index in [9.17, 15) is 4.79 Å². The molecule has 70 valence electrons. The Bertz CT molecular complexity index is 330. The minimum absolute atomic E-state index is 0.0592. The zero-order valence-corrected chi connectivity index (χ0v) is 8.26. The monoisotopic (exact) mass is 220 g/mol. The summed E-state index contributed by atoms with van der Waals surface area (Å²) in [6.45, 7) is 1.94. The van der Waals surface area contributed by atoms with Gasteiger partial charge in [-0.25, -0.2) is 4.79 Å². The van der Waals surface area contributed by atoms with E-state index in [-0.39, 0.29) is 22.3 Å². The lowest BCUT2D eigenvalue weighted by atomic mass is 10.4. The second-order valence-electron chi connectivity index (χ2n) is 2.08. The molecule has 1 heterocycles. The van der Waals surface area contributed by atoms with Crippen molar-refractivity contribution in [3.05, 3.63) is 21.9 Å². The molecule has 4 nitrogen and oxygen atoms in total. The van der Waals surface area contributed by atoms with Gasteiger partial charge in [0.2, 0.25) is 0 Å². The number of rotatable bonds is 2. The first kappa shape index (κ1) is 10.2. The number of aromatic nitrogens is 2. The Labute approximate surface area is 84.8 Å². The smallest absolute Gasteiger partial charge is 0.360 e. The van der Waals surface area contributed by atoms with Gasteiger partial charge in [0.1, 0.15) is 0 Å². The van der Waals surface area contributed by atoms with E-state index in [1.807, 2.05) is 0 Å². The van der Waals surface area contributed by atoms with Gasteiger partial charge in [-0.1, -0.05) is 23.2 Å². The van der Waals surface area contributed by atoms with Crippen molar-refractivity contribution in [2.45, 2.75) is 6.92 Å². The van der Waals surface area contributed by atoms with Crippen molar-refractivity contribution in [1.82, 2.24) is 10.2 Å². The normalized spacial score (nSPS) is 9.77. The van der Waals surface area contributed by atoms with Crippen molar-refractivity contribution >= 4 is 29.2 Å². The molecule has 13 heavy (non-hydrogen) atoms. The summed E-state index contributed by atoms with van der Waals surface area (Å²) in [5.41, 5.74) is -0.0592. The largest absolute Gasteiger partial charge is 0.461 e. The summed E-state index contributed by atoms with van der Waals surface area (Å²) in [5, 5.41) is 7.24. The number of halogens is 2. The summed E-state index contributed by atoms with van der Waals surface area (Å²) in [5.74, 6) is -0.623. The fraction of sp³-hybridized carbons (Fsp3) is 0.286. The van der Waals surface area contributed by atoms with Crippen LogP contribution in [0.2, 0.25) is 10.0 Å². The van der Waals surface area contributed by atoms with Crippen molar-refractivity contribution in [3.63, 3.8) is 0 Å². The Kier molecular flexibility index (Phi) is 3.45. The fourth-order valence-corrected chi connectivity index (χ4v) is 0.978. The van der Waals surface area contributed by atoms with E-state index >= 15 is 0 Å². The van der Waals surface area contributed by atoms with E-state index in [0.29, 0.717) is 0 Å². The van der Waals surface area contributed by atoms with E-state index in [1.54, 1.807) is 6.92 Å². The molecular formula is C7H6Cl2N2O2. The van der Waals surface area contributed by atoms with Crippen LogP contribution < -0.4 is 0 Å². The van der Waals surface area contributed by atoms with Crippen molar-refractivity contribution < 1.29 is 9.53 Å². The van der Waals surface area contributed by atoms with Crippen LogP contribution in [0.4, 0.5) is 0 Å². The minimum atomic E-state index is -0.623. The lowest BCUT2D eigenvalue weighted by Crippen LogP contribution is -2.08. The Morgan fingerprint density at radius 1 is 1.62 bits per heavy atom. The Morgan fingerprint density at radius 3 is 2.92 bits per heavy atom. The second kappa shape index (κ2) is 4.39. The first-order chi connectivity index (χ1) is 6.16. The van der Waals surface area contributed by atoms with Gasteiger partial charge in [-0.2, -0.15) is 5.10 Å². The highest BCUT2D eigenvalue weighted by molar-refractivity contribution is 6.43. The molecule has 1 aromatic heterocycles. The first-order valence-electron chi connectivity index (χ1n) is 3.50. The lowest BCUT2D eigenvalue weighted by molar-refractivity contribution is 0.0518. The lowest BCUT2D eigenvalue weighted by Gasteiger charge is -2.02. The topological polar surface area (TPSA) is 52.1 Å². The van der Waals surface area contributed by atoms with Gasteiger partial charge >= 0.3 is 5.97 Å². The van der Waals surface area contributed by atoms with Crippen LogP contribution in [-0.2, 0) is 4.74 Å². The molecule has 6 heteroatoms. The summed E-state index contributed by atoms with van der Waals surface area (Å²) in [6.07, 6.45) is 1.26. The molecule has 0 radical (unpaired) electrons. The third kappa shape index (κ3) is 2.29. The molecule has 0 bridgehead atoms. The Morgan fingerprint density at radius 2 is 2.31 bits per heavy atom. The van der Waals surface area contributed by atoms with Crippen LogP contribution >= 0.6 is 23.2 Å². The average Bonchev–Trinajstić information content (AvgIpc) is 2.10. The maximum Gasteiger partial charge on any atom is 0.360 e. The molecule has 0 N–H and O–H groups in total. The Balaban J connectivity index is 3.01. The van der Waals surface area contributed by atoms with E-state index in [0.717, 1.165) is 0 Å². The highest BCUT2D eigenvalue weighted by Crippen LogP contribution is 2.22. The minimum Gasteiger partial charge on any atom is -0.461 e. The van der Waals surface area contributed by atoms with Crippen LogP contribution in [0.5, 0.6) is 0 Å². The molecule has 0 aliphatic rings. The highest BCUT2D eigenvalue weighted by Gasteiger charge is 2.15. The average molecular weight is 221 g/mol. The molecular weight excluding hydrogens is 215 g/mol. The van der Waals surface area contributed by atoms with Gasteiger partial charge in [0.25, 0.3) is 0 Å². The van der Waals surface area contributed by atoms with Crippen LogP contribution in [-0.4, -0.2) is 22.8 Å². The fourth-order valence-electron chi connectivity index (χ4n) is 0.681. The predicted octanol–water partition coefficient (Wildman–Crippen LogP) is 1.96. The number of carbonyl (C=O) groups excluding carboxylic acids is 1. The third-order valence-electron chi connectivity index (χ3n) is 1.22. The third-order valence-corrected chi connectivity index (χ3v) is 1.98. The molecule has 1 aromatic rings. The zero-order valence-electron chi connectivity index (χ0n) is 6.75. The second-order valence-corrected chi connectivity index (χ2v) is 2.86. The molecule has 0 aliphatic carbocycles. The predicted molar refractivity (Wildman–Crippen MR) is 48.0 cm³/mol. The first-order valence-corrected chi connectivity index (χ1v) is 4.26. The van der Waals surface area contributed by atoms with Crippen molar-refractivity contribution in [1.29, 1.82) is 0 Å². The molecule has 0 amide bonds. The van der Waals surface area contributed by atoms with E-state index < -0.39 is 5.97 Å². The highest BCUT2D eigenvalue weighted by atomic mass is 35.5. The molecule has 0 aromatic carbocycles. The molecule has 0 atom stereocenters. The van der Waals surface area contributed by atoms with Crippen LogP contribution in [0.15, 0.2) is 6.20 Å². The summed E-state index contributed by atoms with van der Waals surface area (Å²) in [7, 11) is 0. The van der Waals surface area contributed by atoms with Crippen molar-refractivity contribution in [2.24, 2.45) is 0 Å². The Hall–Kier alpha value is -0.870. The maximum atomic E-state index is 11.1. The number of nitrogens with zero attached hydrogens (tertiary/aromatic N) is 2. The summed E-state index contributed by atoms with van der Waals surface area (Å²) in [4.78, 5) is 11.1. The van der Waals surface area contributed by atoms with Crippen LogP contribution in [0.25, 0.3) is 0 Å². The van der Waals surface area contributed by atoms with E-state index in [1.165, 1.54) is 6.20 Å².